The van der Waals surface area contributed by atoms with Gasteiger partial charge in [0.25, 0.3) is 0 Å². The van der Waals surface area contributed by atoms with Crippen LogP contribution in [0.4, 0.5) is 14.9 Å². The van der Waals surface area contributed by atoms with E-state index in [4.69, 9.17) is 16.7 Å². The number of carboxylic acids is 1. The Morgan fingerprint density at radius 3 is 2.70 bits per heavy atom. The van der Waals surface area contributed by atoms with Crippen molar-refractivity contribution in [2.75, 3.05) is 5.32 Å². The summed E-state index contributed by atoms with van der Waals surface area (Å²) in [6, 6.07) is 2.67. The van der Waals surface area contributed by atoms with Gasteiger partial charge in [-0.3, -0.25) is 4.79 Å². The largest absolute Gasteiger partial charge is 0.481 e. The van der Waals surface area contributed by atoms with Crippen LogP contribution in [0.15, 0.2) is 18.2 Å². The van der Waals surface area contributed by atoms with Crippen LogP contribution in [-0.2, 0) is 4.79 Å². The molecule has 108 valence electrons. The summed E-state index contributed by atoms with van der Waals surface area (Å²) in [5.74, 6) is -1.25. The number of nitrogens with one attached hydrogen (secondary N) is 2. The maximum absolute atomic E-state index is 12.9. The van der Waals surface area contributed by atoms with E-state index in [0.717, 1.165) is 18.9 Å². The van der Waals surface area contributed by atoms with Crippen LogP contribution in [0.25, 0.3) is 0 Å². The molecule has 3 N–H and O–H groups in total. The molecule has 0 spiro atoms. The van der Waals surface area contributed by atoms with Gasteiger partial charge in [-0.05, 0) is 37.0 Å². The van der Waals surface area contributed by atoms with Crippen LogP contribution < -0.4 is 10.6 Å². The van der Waals surface area contributed by atoms with E-state index < -0.39 is 23.9 Å². The van der Waals surface area contributed by atoms with Crippen molar-refractivity contribution in [1.29, 1.82) is 0 Å². The van der Waals surface area contributed by atoms with Crippen LogP contribution in [0.5, 0.6) is 0 Å². The number of anilines is 1. The highest BCUT2D eigenvalue weighted by Gasteiger charge is 2.33. The quantitative estimate of drug-likeness (QED) is 0.782. The minimum atomic E-state index is -0.956. The molecule has 0 heterocycles. The number of urea groups is 1. The van der Waals surface area contributed by atoms with E-state index in [-0.39, 0.29) is 23.0 Å². The summed E-state index contributed by atoms with van der Waals surface area (Å²) in [7, 11) is 0. The summed E-state index contributed by atoms with van der Waals surface area (Å²) < 4.78 is 12.9. The molecule has 5 nitrogen and oxygen atoms in total. The van der Waals surface area contributed by atoms with Crippen LogP contribution in [0.2, 0.25) is 5.02 Å². The number of benzene rings is 1. The lowest BCUT2D eigenvalue weighted by molar-refractivity contribution is -0.137. The van der Waals surface area contributed by atoms with Gasteiger partial charge in [0.15, 0.2) is 0 Å². The molecule has 1 saturated carbocycles. The molecule has 0 aromatic heterocycles. The molecule has 0 aliphatic heterocycles. The molecule has 0 bridgehead atoms. The predicted molar refractivity (Wildman–Crippen MR) is 72.3 cm³/mol. The molecular formula is C13H14ClFN2O3. The Morgan fingerprint density at radius 1 is 1.45 bits per heavy atom. The zero-order valence-corrected chi connectivity index (χ0v) is 11.3. The Hall–Kier alpha value is -1.82. The first-order valence-corrected chi connectivity index (χ1v) is 6.58. The average molecular weight is 301 g/mol. The first-order chi connectivity index (χ1) is 9.45. The van der Waals surface area contributed by atoms with E-state index in [1.807, 2.05) is 0 Å². The monoisotopic (exact) mass is 300 g/mol. The van der Waals surface area contributed by atoms with Crippen molar-refractivity contribution in [3.05, 3.63) is 29.0 Å². The summed E-state index contributed by atoms with van der Waals surface area (Å²) in [6.45, 7) is 0. The lowest BCUT2D eigenvalue weighted by Gasteiger charge is -2.17. The van der Waals surface area contributed by atoms with E-state index >= 15 is 0 Å². The number of carbonyl (C=O) groups excluding carboxylic acids is 1. The third-order valence-corrected chi connectivity index (χ3v) is 3.39. The third kappa shape index (κ3) is 4.09. The number of amides is 2. The average Bonchev–Trinajstić information content (AvgIpc) is 3.15. The molecule has 20 heavy (non-hydrogen) atoms. The highest BCUT2D eigenvalue weighted by Crippen LogP contribution is 2.34. The van der Waals surface area contributed by atoms with Gasteiger partial charge in [0.1, 0.15) is 5.82 Å². The molecule has 1 fully saturated rings. The minimum Gasteiger partial charge on any atom is -0.481 e. The normalized spacial score (nSPS) is 15.5. The third-order valence-electron chi connectivity index (χ3n) is 3.08. The van der Waals surface area contributed by atoms with Crippen LogP contribution in [0, 0.1) is 11.7 Å². The topological polar surface area (TPSA) is 78.4 Å². The summed E-state index contributed by atoms with van der Waals surface area (Å²) in [6.07, 6.45) is 1.71. The Kier molecular flexibility index (Phi) is 4.44. The second kappa shape index (κ2) is 6.09. The van der Waals surface area contributed by atoms with Crippen molar-refractivity contribution < 1.29 is 19.1 Å². The molecular weight excluding hydrogens is 287 g/mol. The van der Waals surface area contributed by atoms with Crippen molar-refractivity contribution in [1.82, 2.24) is 5.32 Å². The molecule has 2 rings (SSSR count). The number of rotatable bonds is 5. The fourth-order valence-corrected chi connectivity index (χ4v) is 2.15. The zero-order chi connectivity index (χ0) is 14.7. The van der Waals surface area contributed by atoms with Gasteiger partial charge in [-0.25, -0.2) is 9.18 Å². The molecule has 1 aliphatic carbocycles. The van der Waals surface area contributed by atoms with Crippen LogP contribution in [-0.4, -0.2) is 23.1 Å². The minimum absolute atomic E-state index is 0.0846. The lowest BCUT2D eigenvalue weighted by atomic mass is 10.1. The first kappa shape index (κ1) is 14.6. The maximum atomic E-state index is 12.9. The number of halogens is 2. The van der Waals surface area contributed by atoms with Gasteiger partial charge in [-0.1, -0.05) is 11.6 Å². The van der Waals surface area contributed by atoms with E-state index in [1.165, 1.54) is 12.1 Å². The molecule has 1 aliphatic rings. The highest BCUT2D eigenvalue weighted by molar-refractivity contribution is 6.33. The summed E-state index contributed by atoms with van der Waals surface area (Å²) >= 11 is 5.79. The van der Waals surface area contributed by atoms with Gasteiger partial charge in [0.2, 0.25) is 0 Å². The Bertz CT molecular complexity index is 534. The number of carboxylic acid groups (broad SMARTS) is 1. The second-order valence-electron chi connectivity index (χ2n) is 4.76. The lowest BCUT2D eigenvalue weighted by Crippen LogP contribution is -2.40. The zero-order valence-electron chi connectivity index (χ0n) is 10.5. The van der Waals surface area contributed by atoms with Crippen LogP contribution in [0.1, 0.15) is 19.3 Å². The van der Waals surface area contributed by atoms with Crippen molar-refractivity contribution in [3.8, 4) is 0 Å². The molecule has 0 saturated heterocycles. The fourth-order valence-electron chi connectivity index (χ4n) is 1.94. The van der Waals surface area contributed by atoms with E-state index in [2.05, 4.69) is 10.6 Å². The number of hydrogen-bond donors (Lipinski definition) is 3. The van der Waals surface area contributed by atoms with Gasteiger partial charge in [0.05, 0.1) is 17.1 Å². The summed E-state index contributed by atoms with van der Waals surface area (Å²) in [4.78, 5) is 22.5. The van der Waals surface area contributed by atoms with Gasteiger partial charge in [-0.2, -0.15) is 0 Å². The van der Waals surface area contributed by atoms with Crippen molar-refractivity contribution in [3.63, 3.8) is 0 Å². The van der Waals surface area contributed by atoms with Crippen LogP contribution >= 0.6 is 11.6 Å². The highest BCUT2D eigenvalue weighted by atomic mass is 35.5. The van der Waals surface area contributed by atoms with Crippen molar-refractivity contribution >= 4 is 29.3 Å². The first-order valence-electron chi connectivity index (χ1n) is 6.20. The number of aliphatic carboxylic acids is 1. The Labute approximate surface area is 120 Å². The smallest absolute Gasteiger partial charge is 0.319 e. The molecule has 1 unspecified atom stereocenters. The molecule has 7 heteroatoms. The predicted octanol–water partition coefficient (Wildman–Crippen LogP) is 2.85. The van der Waals surface area contributed by atoms with Gasteiger partial charge in [-0.15, -0.1) is 0 Å². The van der Waals surface area contributed by atoms with Crippen LogP contribution in [0.3, 0.4) is 0 Å². The maximum Gasteiger partial charge on any atom is 0.319 e. The Morgan fingerprint density at radius 2 is 2.15 bits per heavy atom. The van der Waals surface area contributed by atoms with Gasteiger partial charge < -0.3 is 15.7 Å². The summed E-state index contributed by atoms with van der Waals surface area (Å²) in [5.41, 5.74) is 0.274. The van der Waals surface area contributed by atoms with Gasteiger partial charge in [0, 0.05) is 6.04 Å². The number of carbonyl (C=O) groups is 2. The van der Waals surface area contributed by atoms with Gasteiger partial charge >= 0.3 is 12.0 Å². The van der Waals surface area contributed by atoms with E-state index in [9.17, 15) is 14.0 Å². The SMILES string of the molecule is O=C(O)CC(NC(=O)Nc1ccc(F)cc1Cl)C1CC1. The second-order valence-corrected chi connectivity index (χ2v) is 5.17. The fraction of sp³-hybridized carbons (Fsp3) is 0.385. The number of hydrogen-bond acceptors (Lipinski definition) is 2. The molecule has 2 amide bonds. The Balaban J connectivity index is 1.95. The molecule has 0 radical (unpaired) electrons. The standard InChI is InChI=1S/C13H14ClFN2O3/c14-9-5-8(15)3-4-10(9)16-13(20)17-11(6-12(18)19)7-1-2-7/h3-5,7,11H,1-2,6H2,(H,18,19)(H2,16,17,20). The van der Waals surface area contributed by atoms with E-state index in [1.54, 1.807) is 0 Å². The molecule has 1 aromatic carbocycles. The van der Waals surface area contributed by atoms with Crippen molar-refractivity contribution in [2.45, 2.75) is 25.3 Å². The van der Waals surface area contributed by atoms with E-state index in [0.29, 0.717) is 0 Å². The molecule has 1 atom stereocenters. The van der Waals surface area contributed by atoms with Crippen molar-refractivity contribution in [2.24, 2.45) is 5.92 Å². The summed E-state index contributed by atoms with van der Waals surface area (Å²) in [5, 5.41) is 14.0. The molecule has 1 aromatic rings.